The van der Waals surface area contributed by atoms with Crippen LogP contribution in [0.2, 0.25) is 0 Å². The Morgan fingerprint density at radius 1 is 1.50 bits per heavy atom. The van der Waals surface area contributed by atoms with Crippen molar-refractivity contribution in [3.8, 4) is 0 Å². The molecule has 1 rings (SSSR count). The quantitative estimate of drug-likeness (QED) is 0.538. The number of piperidine rings is 1. The van der Waals surface area contributed by atoms with E-state index in [2.05, 4.69) is 0 Å². The van der Waals surface area contributed by atoms with E-state index in [-0.39, 0.29) is 12.1 Å². The van der Waals surface area contributed by atoms with Gasteiger partial charge in [0.2, 0.25) is 0 Å². The molecular weight excluding hydrogens is 206 g/mol. The van der Waals surface area contributed by atoms with E-state index in [0.717, 1.165) is 32.1 Å². The fraction of sp³-hybridized carbons (Fsp3) is 0.833. The topological polar surface area (TPSA) is 50.9 Å². The number of ether oxygens (including phenoxy) is 1. The fourth-order valence-corrected chi connectivity index (χ4v) is 1.93. The summed E-state index contributed by atoms with van der Waals surface area (Å²) in [7, 11) is 0. The Morgan fingerprint density at radius 2 is 2.19 bits per heavy atom. The van der Waals surface area contributed by atoms with E-state index in [9.17, 15) is 4.79 Å². The molecule has 0 saturated carbocycles. The third-order valence-electron chi connectivity index (χ3n) is 2.63. The lowest BCUT2D eigenvalue weighted by atomic mass is 10.0. The third-order valence-corrected chi connectivity index (χ3v) is 2.63. The highest BCUT2D eigenvalue weighted by Gasteiger charge is 2.30. The number of amides is 1. The van der Waals surface area contributed by atoms with Crippen LogP contribution in [0.5, 0.6) is 0 Å². The molecule has 1 saturated heterocycles. The van der Waals surface area contributed by atoms with Gasteiger partial charge in [0.25, 0.3) is 6.29 Å². The highest BCUT2D eigenvalue weighted by atomic mass is 16.6. The number of carbonyl (C=O) groups is 1. The minimum Gasteiger partial charge on any atom is -0.444 e. The van der Waals surface area contributed by atoms with Crippen LogP contribution in [0, 0.1) is 0 Å². The van der Waals surface area contributed by atoms with E-state index in [1.165, 1.54) is 0 Å². The lowest BCUT2D eigenvalue weighted by Crippen LogP contribution is -2.46. The summed E-state index contributed by atoms with van der Waals surface area (Å²) in [6.45, 7) is 6.32. The fourth-order valence-electron chi connectivity index (χ4n) is 1.93. The molecule has 1 heterocycles. The Labute approximate surface area is 96.9 Å². The zero-order valence-corrected chi connectivity index (χ0v) is 10.4. The first-order valence-electron chi connectivity index (χ1n) is 5.89. The van der Waals surface area contributed by atoms with Crippen molar-refractivity contribution in [2.75, 3.05) is 6.54 Å². The molecule has 0 aromatic rings. The summed E-state index contributed by atoms with van der Waals surface area (Å²) >= 11 is 0. The highest BCUT2D eigenvalue weighted by Crippen LogP contribution is 2.21. The van der Waals surface area contributed by atoms with Crippen molar-refractivity contribution in [1.29, 1.82) is 0 Å². The van der Waals surface area contributed by atoms with Crippen LogP contribution in [-0.2, 0) is 4.74 Å². The van der Waals surface area contributed by atoms with Gasteiger partial charge in [-0.1, -0.05) is 0 Å². The van der Waals surface area contributed by atoms with Gasteiger partial charge in [0.05, 0.1) is 6.42 Å². The number of hydrogen-bond acceptors (Lipinski definition) is 2. The van der Waals surface area contributed by atoms with Crippen LogP contribution in [-0.4, -0.2) is 40.3 Å². The minimum atomic E-state index is -0.456. The van der Waals surface area contributed by atoms with Crippen molar-refractivity contribution in [3.63, 3.8) is 0 Å². The second-order valence-electron chi connectivity index (χ2n) is 5.24. The average molecular weight is 228 g/mol. The SMILES string of the molecule is CC(C)(C)OC(=O)N1CCCCC1CC=[OH+]. The maximum atomic E-state index is 11.9. The summed E-state index contributed by atoms with van der Waals surface area (Å²) in [4.78, 5) is 22.5. The molecule has 1 N–H and O–H groups in total. The Morgan fingerprint density at radius 3 is 2.75 bits per heavy atom. The Hall–Kier alpha value is -1.06. The number of likely N-dealkylation sites (tertiary alicyclic amines) is 1. The lowest BCUT2D eigenvalue weighted by Gasteiger charge is -2.35. The largest absolute Gasteiger partial charge is 0.444 e. The molecule has 4 nitrogen and oxygen atoms in total. The first-order valence-corrected chi connectivity index (χ1v) is 5.89. The molecule has 1 aliphatic rings. The summed E-state index contributed by atoms with van der Waals surface area (Å²) in [6.07, 6.45) is 4.46. The van der Waals surface area contributed by atoms with E-state index in [1.807, 2.05) is 20.8 Å². The first kappa shape index (κ1) is 13.0. The molecule has 0 aliphatic carbocycles. The van der Waals surface area contributed by atoms with E-state index in [4.69, 9.17) is 9.53 Å². The standard InChI is InChI=1S/C12H21NO3/c1-12(2,3)16-11(15)13-8-5-4-6-10(13)7-9-14/h9-10H,4-8H2,1-3H3/p+1. The van der Waals surface area contributed by atoms with Crippen molar-refractivity contribution in [1.82, 2.24) is 4.90 Å². The number of carbonyl (C=O) groups excluding carboxylic acids is 2. The van der Waals surface area contributed by atoms with Crippen LogP contribution in [0.3, 0.4) is 0 Å². The van der Waals surface area contributed by atoms with E-state index < -0.39 is 5.60 Å². The second-order valence-corrected chi connectivity index (χ2v) is 5.24. The van der Waals surface area contributed by atoms with Gasteiger partial charge >= 0.3 is 6.09 Å². The number of nitrogens with zero attached hydrogens (tertiary/aromatic N) is 1. The molecule has 0 spiro atoms. The van der Waals surface area contributed by atoms with Gasteiger partial charge in [-0.25, -0.2) is 4.79 Å². The minimum absolute atomic E-state index is 0.0913. The van der Waals surface area contributed by atoms with Crippen molar-refractivity contribution in [2.24, 2.45) is 0 Å². The Kier molecular flexibility index (Phi) is 4.33. The zero-order chi connectivity index (χ0) is 12.2. The van der Waals surface area contributed by atoms with Gasteiger partial charge in [0.15, 0.2) is 0 Å². The molecule has 1 unspecified atom stereocenters. The van der Waals surface area contributed by atoms with Gasteiger partial charge in [-0.3, -0.25) is 4.79 Å². The summed E-state index contributed by atoms with van der Waals surface area (Å²) in [5.74, 6) is 0. The van der Waals surface area contributed by atoms with Gasteiger partial charge in [0.1, 0.15) is 5.60 Å². The van der Waals surface area contributed by atoms with Gasteiger partial charge in [-0.05, 0) is 40.0 Å². The van der Waals surface area contributed by atoms with Crippen molar-refractivity contribution in [2.45, 2.75) is 58.1 Å². The lowest BCUT2D eigenvalue weighted by molar-refractivity contribution is 0.0108. The molecule has 1 aliphatic heterocycles. The summed E-state index contributed by atoms with van der Waals surface area (Å²) in [6, 6.07) is 0.0913. The number of aldehydes is 1. The van der Waals surface area contributed by atoms with Crippen LogP contribution >= 0.6 is 0 Å². The Bertz CT molecular complexity index is 257. The van der Waals surface area contributed by atoms with Crippen molar-refractivity contribution in [3.05, 3.63) is 0 Å². The normalized spacial score (nSPS) is 21.7. The van der Waals surface area contributed by atoms with Crippen LogP contribution in [0.1, 0.15) is 46.5 Å². The summed E-state index contributed by atoms with van der Waals surface area (Å²) in [5.41, 5.74) is -0.456. The molecule has 92 valence electrons. The monoisotopic (exact) mass is 228 g/mol. The molecule has 0 bridgehead atoms. The number of rotatable bonds is 2. The molecule has 0 aromatic heterocycles. The van der Waals surface area contributed by atoms with Crippen LogP contribution < -0.4 is 0 Å². The predicted octanol–water partition coefficient (Wildman–Crippen LogP) is 2.34. The highest BCUT2D eigenvalue weighted by molar-refractivity contribution is 5.69. The molecule has 1 atom stereocenters. The zero-order valence-electron chi connectivity index (χ0n) is 10.4. The van der Waals surface area contributed by atoms with Gasteiger partial charge < -0.3 is 9.64 Å². The molecule has 4 heteroatoms. The van der Waals surface area contributed by atoms with E-state index in [1.54, 1.807) is 4.90 Å². The van der Waals surface area contributed by atoms with Crippen LogP contribution in [0.25, 0.3) is 0 Å². The molecule has 0 radical (unpaired) electrons. The second kappa shape index (κ2) is 5.32. The summed E-state index contributed by atoms with van der Waals surface area (Å²) in [5, 5.41) is 0. The molecule has 1 fully saturated rings. The molecule has 0 aromatic carbocycles. The smallest absolute Gasteiger partial charge is 0.410 e. The van der Waals surface area contributed by atoms with E-state index in [0.29, 0.717) is 6.42 Å². The molecule has 1 amide bonds. The number of hydrogen-bond donors (Lipinski definition) is 0. The van der Waals surface area contributed by atoms with Crippen LogP contribution in [0.4, 0.5) is 4.79 Å². The maximum absolute atomic E-state index is 11.9. The van der Waals surface area contributed by atoms with Crippen molar-refractivity contribution >= 4 is 12.4 Å². The average Bonchev–Trinajstić information content (AvgIpc) is 2.16. The van der Waals surface area contributed by atoms with E-state index >= 15 is 0 Å². The predicted molar refractivity (Wildman–Crippen MR) is 63.2 cm³/mol. The first-order chi connectivity index (χ1) is 7.44. The summed E-state index contributed by atoms with van der Waals surface area (Å²) < 4.78 is 5.35. The van der Waals surface area contributed by atoms with Gasteiger partial charge in [0, 0.05) is 12.6 Å². The molecular formula is C12H22NO3+. The maximum Gasteiger partial charge on any atom is 0.410 e. The van der Waals surface area contributed by atoms with Crippen molar-refractivity contribution < 1.29 is 14.3 Å². The van der Waals surface area contributed by atoms with Crippen LogP contribution in [0.15, 0.2) is 0 Å². The van der Waals surface area contributed by atoms with Gasteiger partial charge in [-0.15, -0.1) is 0 Å². The van der Waals surface area contributed by atoms with Gasteiger partial charge in [-0.2, -0.15) is 0 Å². The Balaban J connectivity index is 2.60. The third kappa shape index (κ3) is 3.83. The molecule has 16 heavy (non-hydrogen) atoms.